The molecule has 0 amide bonds. The molecule has 0 fully saturated rings. The van der Waals surface area contributed by atoms with E-state index in [0.717, 1.165) is 25.2 Å². The summed E-state index contributed by atoms with van der Waals surface area (Å²) in [7, 11) is 4.17. The lowest BCUT2D eigenvalue weighted by Crippen LogP contribution is -2.24. The number of thiazole rings is 1. The molecule has 0 spiro atoms. The van der Waals surface area contributed by atoms with Gasteiger partial charge < -0.3 is 10.2 Å². The standard InChI is InChI=1S/C17H25N3S/c1-13(2)18-11-10-15-17(14-8-6-5-7-9-14)19-16(21-15)12-20(3)4/h5-9,13,18H,10-12H2,1-4H3. The fourth-order valence-electron chi connectivity index (χ4n) is 2.20. The number of hydrogen-bond donors (Lipinski definition) is 1. The van der Waals surface area contributed by atoms with Crippen LogP contribution in [0.1, 0.15) is 23.7 Å². The van der Waals surface area contributed by atoms with Crippen LogP contribution >= 0.6 is 11.3 Å². The third-order valence-electron chi connectivity index (χ3n) is 3.14. The van der Waals surface area contributed by atoms with Crippen molar-refractivity contribution in [3.8, 4) is 11.3 Å². The molecule has 0 aliphatic carbocycles. The molecular weight excluding hydrogens is 278 g/mol. The summed E-state index contributed by atoms with van der Waals surface area (Å²) in [5.41, 5.74) is 2.38. The lowest BCUT2D eigenvalue weighted by atomic mass is 10.1. The number of nitrogens with zero attached hydrogens (tertiary/aromatic N) is 2. The van der Waals surface area contributed by atoms with Crippen molar-refractivity contribution in [1.82, 2.24) is 15.2 Å². The monoisotopic (exact) mass is 303 g/mol. The largest absolute Gasteiger partial charge is 0.314 e. The minimum absolute atomic E-state index is 0.527. The minimum atomic E-state index is 0.527. The van der Waals surface area contributed by atoms with Gasteiger partial charge >= 0.3 is 0 Å². The Balaban J connectivity index is 2.21. The van der Waals surface area contributed by atoms with Crippen molar-refractivity contribution < 1.29 is 0 Å². The summed E-state index contributed by atoms with van der Waals surface area (Å²) in [4.78, 5) is 8.42. The second-order valence-electron chi connectivity index (χ2n) is 5.84. The molecule has 0 unspecified atom stereocenters. The Hall–Kier alpha value is -1.23. The highest BCUT2D eigenvalue weighted by Crippen LogP contribution is 2.29. The first-order chi connectivity index (χ1) is 10.1. The quantitative estimate of drug-likeness (QED) is 0.849. The highest BCUT2D eigenvalue weighted by Gasteiger charge is 2.13. The van der Waals surface area contributed by atoms with Crippen molar-refractivity contribution in [2.75, 3.05) is 20.6 Å². The Morgan fingerprint density at radius 2 is 1.90 bits per heavy atom. The molecule has 0 atom stereocenters. The van der Waals surface area contributed by atoms with Gasteiger partial charge in [0.2, 0.25) is 0 Å². The molecule has 0 aliphatic heterocycles. The van der Waals surface area contributed by atoms with E-state index >= 15 is 0 Å². The van der Waals surface area contributed by atoms with E-state index in [4.69, 9.17) is 4.98 Å². The number of hydrogen-bond acceptors (Lipinski definition) is 4. The zero-order valence-electron chi connectivity index (χ0n) is 13.4. The Morgan fingerprint density at radius 1 is 1.19 bits per heavy atom. The van der Waals surface area contributed by atoms with Gasteiger partial charge in [-0.15, -0.1) is 11.3 Å². The topological polar surface area (TPSA) is 28.2 Å². The fourth-order valence-corrected chi connectivity index (χ4v) is 3.41. The number of aromatic nitrogens is 1. The maximum absolute atomic E-state index is 4.87. The van der Waals surface area contributed by atoms with Crippen LogP contribution < -0.4 is 5.32 Å². The summed E-state index contributed by atoms with van der Waals surface area (Å²) in [6.07, 6.45) is 1.04. The van der Waals surface area contributed by atoms with Gasteiger partial charge in [0.05, 0.1) is 5.69 Å². The first-order valence-corrected chi connectivity index (χ1v) is 8.30. The Labute approximate surface area is 132 Å². The maximum Gasteiger partial charge on any atom is 0.108 e. The zero-order chi connectivity index (χ0) is 15.2. The SMILES string of the molecule is CC(C)NCCc1sc(CN(C)C)nc1-c1ccccc1. The van der Waals surface area contributed by atoms with Crippen LogP contribution in [0, 0.1) is 0 Å². The Bertz CT molecular complexity index is 546. The van der Waals surface area contributed by atoms with Crippen molar-refractivity contribution >= 4 is 11.3 Å². The normalized spacial score (nSPS) is 11.5. The molecule has 0 radical (unpaired) electrons. The van der Waals surface area contributed by atoms with E-state index in [1.807, 2.05) is 11.3 Å². The summed E-state index contributed by atoms with van der Waals surface area (Å²) in [6, 6.07) is 11.0. The van der Waals surface area contributed by atoms with E-state index < -0.39 is 0 Å². The molecule has 1 aromatic carbocycles. The van der Waals surface area contributed by atoms with E-state index in [9.17, 15) is 0 Å². The highest BCUT2D eigenvalue weighted by molar-refractivity contribution is 7.12. The predicted octanol–water partition coefficient (Wildman–Crippen LogP) is 3.41. The predicted molar refractivity (Wildman–Crippen MR) is 91.8 cm³/mol. The lowest BCUT2D eigenvalue weighted by Gasteiger charge is -2.07. The molecule has 0 bridgehead atoms. The van der Waals surface area contributed by atoms with Gasteiger partial charge in [0.15, 0.2) is 0 Å². The van der Waals surface area contributed by atoms with Gasteiger partial charge in [-0.2, -0.15) is 0 Å². The molecule has 0 saturated heterocycles. The average molecular weight is 303 g/mol. The Kier molecular flexibility index (Phi) is 5.91. The van der Waals surface area contributed by atoms with Crippen LogP contribution in [0.2, 0.25) is 0 Å². The molecule has 2 aromatic rings. The van der Waals surface area contributed by atoms with Crippen LogP contribution in [0.25, 0.3) is 11.3 Å². The van der Waals surface area contributed by atoms with Crippen LogP contribution in [0.5, 0.6) is 0 Å². The van der Waals surface area contributed by atoms with Gasteiger partial charge in [0, 0.05) is 29.6 Å². The molecule has 21 heavy (non-hydrogen) atoms. The third kappa shape index (κ3) is 4.92. The maximum atomic E-state index is 4.87. The summed E-state index contributed by atoms with van der Waals surface area (Å²) in [6.45, 7) is 6.27. The second kappa shape index (κ2) is 7.69. The van der Waals surface area contributed by atoms with Crippen molar-refractivity contribution in [2.24, 2.45) is 0 Å². The van der Waals surface area contributed by atoms with E-state index in [1.54, 1.807) is 0 Å². The van der Waals surface area contributed by atoms with Gasteiger partial charge in [-0.05, 0) is 20.5 Å². The lowest BCUT2D eigenvalue weighted by molar-refractivity contribution is 0.402. The first-order valence-electron chi connectivity index (χ1n) is 7.48. The van der Waals surface area contributed by atoms with Gasteiger partial charge in [0.25, 0.3) is 0 Å². The molecule has 114 valence electrons. The van der Waals surface area contributed by atoms with Crippen LogP contribution in [-0.4, -0.2) is 36.6 Å². The number of rotatable bonds is 7. The molecule has 1 aromatic heterocycles. The average Bonchev–Trinajstić information content (AvgIpc) is 2.81. The van der Waals surface area contributed by atoms with Gasteiger partial charge in [-0.3, -0.25) is 0 Å². The zero-order valence-corrected chi connectivity index (χ0v) is 14.2. The minimum Gasteiger partial charge on any atom is -0.314 e. The smallest absolute Gasteiger partial charge is 0.108 e. The van der Waals surface area contributed by atoms with Crippen LogP contribution in [0.3, 0.4) is 0 Å². The molecule has 0 aliphatic rings. The highest BCUT2D eigenvalue weighted by atomic mass is 32.1. The van der Waals surface area contributed by atoms with Crippen molar-refractivity contribution in [1.29, 1.82) is 0 Å². The third-order valence-corrected chi connectivity index (χ3v) is 4.24. The second-order valence-corrected chi connectivity index (χ2v) is 7.01. The van der Waals surface area contributed by atoms with Crippen LogP contribution in [-0.2, 0) is 13.0 Å². The molecule has 3 nitrogen and oxygen atoms in total. The van der Waals surface area contributed by atoms with Crippen molar-refractivity contribution in [3.63, 3.8) is 0 Å². The summed E-state index contributed by atoms with van der Waals surface area (Å²) >= 11 is 1.84. The van der Waals surface area contributed by atoms with E-state index in [2.05, 4.69) is 68.5 Å². The molecule has 4 heteroatoms. The number of nitrogens with one attached hydrogen (secondary N) is 1. The molecule has 2 rings (SSSR count). The number of benzene rings is 1. The van der Waals surface area contributed by atoms with Gasteiger partial charge in [0.1, 0.15) is 5.01 Å². The van der Waals surface area contributed by atoms with Crippen LogP contribution in [0.15, 0.2) is 30.3 Å². The summed E-state index contributed by atoms with van der Waals surface area (Å²) in [5, 5.41) is 4.68. The summed E-state index contributed by atoms with van der Waals surface area (Å²) < 4.78 is 0. The van der Waals surface area contributed by atoms with E-state index in [0.29, 0.717) is 6.04 Å². The van der Waals surface area contributed by atoms with E-state index in [-0.39, 0.29) is 0 Å². The summed E-state index contributed by atoms with van der Waals surface area (Å²) in [5.74, 6) is 0. The first kappa shape index (κ1) is 16.1. The molecule has 1 heterocycles. The van der Waals surface area contributed by atoms with Crippen LogP contribution in [0.4, 0.5) is 0 Å². The van der Waals surface area contributed by atoms with Gasteiger partial charge in [-0.1, -0.05) is 44.2 Å². The van der Waals surface area contributed by atoms with E-state index in [1.165, 1.54) is 15.4 Å². The van der Waals surface area contributed by atoms with Crippen molar-refractivity contribution in [3.05, 3.63) is 40.2 Å². The molecular formula is C17H25N3S. The van der Waals surface area contributed by atoms with Gasteiger partial charge in [-0.25, -0.2) is 4.98 Å². The molecule has 0 saturated carbocycles. The Morgan fingerprint density at radius 3 is 2.52 bits per heavy atom. The fraction of sp³-hybridized carbons (Fsp3) is 0.471. The van der Waals surface area contributed by atoms with Crippen molar-refractivity contribution in [2.45, 2.75) is 32.9 Å². The molecule has 1 N–H and O–H groups in total.